The van der Waals surface area contributed by atoms with E-state index in [9.17, 15) is 13.2 Å². The summed E-state index contributed by atoms with van der Waals surface area (Å²) >= 11 is 12.8. The van der Waals surface area contributed by atoms with Crippen LogP contribution in [0.15, 0.2) is 70.7 Å². The van der Waals surface area contributed by atoms with Gasteiger partial charge in [0.1, 0.15) is 0 Å². The summed E-state index contributed by atoms with van der Waals surface area (Å²) in [7, 11) is -3.82. The van der Waals surface area contributed by atoms with Crippen LogP contribution in [0.1, 0.15) is 22.2 Å². The van der Waals surface area contributed by atoms with Crippen molar-refractivity contribution in [2.75, 3.05) is 5.32 Å². The summed E-state index contributed by atoms with van der Waals surface area (Å²) in [6.07, 6.45) is 0. The number of anilines is 1. The number of benzene rings is 2. The number of sulfonamides is 1. The zero-order valence-electron chi connectivity index (χ0n) is 15.0. The van der Waals surface area contributed by atoms with Crippen molar-refractivity contribution < 1.29 is 13.2 Å². The van der Waals surface area contributed by atoms with Crippen LogP contribution in [0.25, 0.3) is 0 Å². The van der Waals surface area contributed by atoms with Crippen LogP contribution in [0.3, 0.4) is 0 Å². The molecule has 0 spiro atoms. The summed E-state index contributed by atoms with van der Waals surface area (Å²) in [5, 5.41) is 7.18. The van der Waals surface area contributed by atoms with Gasteiger partial charge in [-0.1, -0.05) is 35.3 Å². The second-order valence-electron chi connectivity index (χ2n) is 5.88. The standard InChI is InChI=1S/C19H15Cl2N3O3S2/c1-12(23-24-29(26,27)16-7-5-14(20)6-8-16)13-3-2-4-15(11-13)22-19(25)17-9-10-18(21)28-17/h2-11,24H,1H3,(H,22,25)/b23-12-. The highest BCUT2D eigenvalue weighted by Crippen LogP contribution is 2.23. The molecule has 0 aliphatic rings. The van der Waals surface area contributed by atoms with Gasteiger partial charge in [-0.15, -0.1) is 11.3 Å². The Bertz CT molecular complexity index is 1170. The lowest BCUT2D eigenvalue weighted by molar-refractivity contribution is 0.103. The molecule has 0 aliphatic heterocycles. The van der Waals surface area contributed by atoms with Crippen LogP contribution in [0, 0.1) is 0 Å². The number of hydrogen-bond acceptors (Lipinski definition) is 5. The number of carbonyl (C=O) groups excluding carboxylic acids is 1. The molecule has 10 heteroatoms. The first-order valence-corrected chi connectivity index (χ1v) is 11.3. The molecule has 1 aromatic heterocycles. The van der Waals surface area contributed by atoms with Gasteiger partial charge in [0, 0.05) is 10.7 Å². The van der Waals surface area contributed by atoms with Crippen LogP contribution >= 0.6 is 34.5 Å². The van der Waals surface area contributed by atoms with Crippen molar-refractivity contribution in [3.8, 4) is 0 Å². The molecule has 0 unspecified atom stereocenters. The van der Waals surface area contributed by atoms with Gasteiger partial charge in [0.25, 0.3) is 15.9 Å². The van der Waals surface area contributed by atoms with Gasteiger partial charge in [0.2, 0.25) is 0 Å². The summed E-state index contributed by atoms with van der Waals surface area (Å²) in [6.45, 7) is 1.66. The number of amides is 1. The van der Waals surface area contributed by atoms with Gasteiger partial charge >= 0.3 is 0 Å². The van der Waals surface area contributed by atoms with Crippen molar-refractivity contribution in [2.24, 2.45) is 5.10 Å². The number of hydrazone groups is 1. The van der Waals surface area contributed by atoms with E-state index in [2.05, 4.69) is 15.2 Å². The van der Waals surface area contributed by atoms with E-state index in [0.29, 0.717) is 31.2 Å². The molecular formula is C19H15Cl2N3O3S2. The molecule has 0 aliphatic carbocycles. The van der Waals surface area contributed by atoms with E-state index in [1.165, 1.54) is 35.6 Å². The van der Waals surface area contributed by atoms with E-state index < -0.39 is 10.0 Å². The first kappa shape index (κ1) is 21.3. The van der Waals surface area contributed by atoms with E-state index >= 15 is 0 Å². The smallest absolute Gasteiger partial charge is 0.276 e. The highest BCUT2D eigenvalue weighted by Gasteiger charge is 2.13. The van der Waals surface area contributed by atoms with E-state index in [0.717, 1.165) is 0 Å². The summed E-state index contributed by atoms with van der Waals surface area (Å²) in [6, 6.07) is 16.0. The maximum Gasteiger partial charge on any atom is 0.276 e. The second kappa shape index (κ2) is 8.96. The van der Waals surface area contributed by atoms with Crippen LogP contribution in [-0.4, -0.2) is 20.0 Å². The summed E-state index contributed by atoms with van der Waals surface area (Å²) in [5.74, 6) is -0.280. The van der Waals surface area contributed by atoms with E-state index in [1.807, 2.05) is 0 Å². The van der Waals surface area contributed by atoms with Crippen molar-refractivity contribution in [3.05, 3.63) is 80.5 Å². The Morgan fingerprint density at radius 1 is 1.03 bits per heavy atom. The fourth-order valence-corrected chi connectivity index (χ4v) is 4.23. The Balaban J connectivity index is 1.73. The van der Waals surface area contributed by atoms with Gasteiger partial charge in [-0.05, 0) is 61.0 Å². The number of thiophene rings is 1. The third-order valence-corrected chi connectivity index (χ3v) is 6.50. The highest BCUT2D eigenvalue weighted by atomic mass is 35.5. The molecular weight excluding hydrogens is 453 g/mol. The molecule has 0 bridgehead atoms. The number of rotatable bonds is 6. The first-order valence-electron chi connectivity index (χ1n) is 8.23. The normalized spacial score (nSPS) is 11.9. The lowest BCUT2D eigenvalue weighted by Gasteiger charge is -2.08. The third kappa shape index (κ3) is 5.57. The molecule has 0 saturated carbocycles. The van der Waals surface area contributed by atoms with Gasteiger partial charge < -0.3 is 5.32 Å². The molecule has 0 radical (unpaired) electrons. The predicted molar refractivity (Wildman–Crippen MR) is 118 cm³/mol. The largest absolute Gasteiger partial charge is 0.321 e. The number of halogens is 2. The van der Waals surface area contributed by atoms with E-state index in [1.54, 1.807) is 43.3 Å². The average Bonchev–Trinajstić information content (AvgIpc) is 3.13. The zero-order chi connectivity index (χ0) is 21.0. The number of nitrogens with one attached hydrogen (secondary N) is 2. The number of nitrogens with zero attached hydrogens (tertiary/aromatic N) is 1. The third-order valence-electron chi connectivity index (χ3n) is 3.79. The van der Waals surface area contributed by atoms with Crippen LogP contribution in [0.5, 0.6) is 0 Å². The van der Waals surface area contributed by atoms with Crippen molar-refractivity contribution >= 4 is 61.9 Å². The topological polar surface area (TPSA) is 87.6 Å². The SMILES string of the molecule is C/C(=N/NS(=O)(=O)c1ccc(Cl)cc1)c1cccc(NC(=O)c2ccc(Cl)s2)c1. The maximum atomic E-state index is 12.3. The summed E-state index contributed by atoms with van der Waals surface area (Å²) in [5.41, 5.74) is 1.62. The Hall–Kier alpha value is -2.39. The minimum absolute atomic E-state index is 0.0501. The highest BCUT2D eigenvalue weighted by molar-refractivity contribution is 7.89. The summed E-state index contributed by atoms with van der Waals surface area (Å²) < 4.78 is 25.2. The van der Waals surface area contributed by atoms with Crippen LogP contribution in [0.4, 0.5) is 5.69 Å². The van der Waals surface area contributed by atoms with Gasteiger partial charge in [-0.2, -0.15) is 18.4 Å². The van der Waals surface area contributed by atoms with Crippen molar-refractivity contribution in [1.29, 1.82) is 0 Å². The van der Waals surface area contributed by atoms with Gasteiger partial charge in [-0.3, -0.25) is 4.79 Å². The molecule has 150 valence electrons. The molecule has 29 heavy (non-hydrogen) atoms. The fraction of sp³-hybridized carbons (Fsp3) is 0.0526. The summed E-state index contributed by atoms with van der Waals surface area (Å²) in [4.78, 5) is 15.0. The van der Waals surface area contributed by atoms with Crippen LogP contribution in [0.2, 0.25) is 9.36 Å². The Morgan fingerprint density at radius 2 is 1.76 bits per heavy atom. The second-order valence-corrected chi connectivity index (χ2v) is 9.70. The molecule has 0 atom stereocenters. The average molecular weight is 468 g/mol. The molecule has 1 heterocycles. The minimum atomic E-state index is -3.82. The lowest BCUT2D eigenvalue weighted by atomic mass is 10.1. The molecule has 0 saturated heterocycles. The van der Waals surface area contributed by atoms with Gasteiger partial charge in [-0.25, -0.2) is 0 Å². The molecule has 6 nitrogen and oxygen atoms in total. The molecule has 2 aromatic carbocycles. The maximum absolute atomic E-state index is 12.3. The van der Waals surface area contributed by atoms with Crippen LogP contribution < -0.4 is 10.1 Å². The number of hydrogen-bond donors (Lipinski definition) is 2. The van der Waals surface area contributed by atoms with E-state index in [-0.39, 0.29) is 10.8 Å². The minimum Gasteiger partial charge on any atom is -0.321 e. The van der Waals surface area contributed by atoms with Crippen molar-refractivity contribution in [2.45, 2.75) is 11.8 Å². The molecule has 0 fully saturated rings. The predicted octanol–water partition coefficient (Wildman–Crippen LogP) is 5.01. The quantitative estimate of drug-likeness (QED) is 0.394. The van der Waals surface area contributed by atoms with Crippen molar-refractivity contribution in [3.63, 3.8) is 0 Å². The van der Waals surface area contributed by atoms with Gasteiger partial charge in [0.05, 0.1) is 19.8 Å². The molecule has 3 aromatic rings. The molecule has 1 amide bonds. The first-order chi connectivity index (χ1) is 13.7. The Kier molecular flexibility index (Phi) is 6.59. The van der Waals surface area contributed by atoms with Gasteiger partial charge in [0.15, 0.2) is 0 Å². The van der Waals surface area contributed by atoms with Crippen LogP contribution in [-0.2, 0) is 10.0 Å². The molecule has 2 N–H and O–H groups in total. The molecule has 3 rings (SSSR count). The fourth-order valence-electron chi connectivity index (χ4n) is 2.31. The Labute approximate surface area is 182 Å². The number of carbonyl (C=O) groups is 1. The van der Waals surface area contributed by atoms with Crippen molar-refractivity contribution in [1.82, 2.24) is 4.83 Å². The van der Waals surface area contributed by atoms with E-state index in [4.69, 9.17) is 23.2 Å². The monoisotopic (exact) mass is 467 g/mol. The Morgan fingerprint density at radius 3 is 2.41 bits per heavy atom. The zero-order valence-corrected chi connectivity index (χ0v) is 18.2. The lowest BCUT2D eigenvalue weighted by Crippen LogP contribution is -2.20.